The van der Waals surface area contributed by atoms with Crippen LogP contribution in [0.3, 0.4) is 0 Å². The van der Waals surface area contributed by atoms with Crippen LogP contribution in [0.2, 0.25) is 0 Å². The first-order valence-electron chi connectivity index (χ1n) is 14.5. The van der Waals surface area contributed by atoms with Gasteiger partial charge in [-0.05, 0) is 45.7 Å². The summed E-state index contributed by atoms with van der Waals surface area (Å²) in [6.45, 7) is 8.41. The van der Waals surface area contributed by atoms with Gasteiger partial charge in [0.2, 0.25) is 5.91 Å². The first-order chi connectivity index (χ1) is 20.8. The molecule has 7 rings (SSSR count). The van der Waals surface area contributed by atoms with Crippen molar-refractivity contribution in [2.75, 3.05) is 0 Å². The third-order valence-electron chi connectivity index (χ3n) is 7.68. The van der Waals surface area contributed by atoms with Crippen molar-refractivity contribution in [2.45, 2.75) is 95.6 Å². The molecule has 44 heavy (non-hydrogen) atoms. The van der Waals surface area contributed by atoms with Gasteiger partial charge in [0.25, 0.3) is 5.91 Å². The topological polar surface area (TPSA) is 136 Å². The molecule has 5 saturated heterocycles. The quantitative estimate of drug-likeness (QED) is 0.508. The molecule has 6 atom stereocenters. The Labute approximate surface area is 254 Å². The second-order valence-electron chi connectivity index (χ2n) is 12.6. The fourth-order valence-corrected chi connectivity index (χ4v) is 5.98. The molecule has 4 amide bonds. The maximum Gasteiger partial charge on any atom is 0.436 e. The van der Waals surface area contributed by atoms with Crippen molar-refractivity contribution in [1.82, 2.24) is 20.4 Å². The molecule has 5 fully saturated rings. The summed E-state index contributed by atoms with van der Waals surface area (Å²) >= 11 is 0. The van der Waals surface area contributed by atoms with E-state index in [9.17, 15) is 19.2 Å². The average Bonchev–Trinajstić information content (AvgIpc) is 3.18. The van der Waals surface area contributed by atoms with Crippen LogP contribution >= 0.6 is 0 Å². The van der Waals surface area contributed by atoms with E-state index in [-0.39, 0.29) is 13.0 Å². The van der Waals surface area contributed by atoms with Crippen LogP contribution in [0.25, 0.3) is 0 Å². The van der Waals surface area contributed by atoms with Crippen LogP contribution in [0.15, 0.2) is 60.7 Å². The number of hydroxylamine groups is 2. The van der Waals surface area contributed by atoms with Gasteiger partial charge in [0.1, 0.15) is 42.6 Å². The van der Waals surface area contributed by atoms with Crippen LogP contribution in [0.1, 0.15) is 45.7 Å². The van der Waals surface area contributed by atoms with E-state index in [1.807, 2.05) is 48.5 Å². The molecule has 0 radical (unpaired) electrons. The van der Waals surface area contributed by atoms with Gasteiger partial charge in [0.05, 0.1) is 6.42 Å². The van der Waals surface area contributed by atoms with Gasteiger partial charge >= 0.3 is 12.2 Å². The van der Waals surface area contributed by atoms with Crippen LogP contribution in [0.5, 0.6) is 0 Å². The van der Waals surface area contributed by atoms with Gasteiger partial charge in [-0.2, -0.15) is 10.1 Å². The van der Waals surface area contributed by atoms with Gasteiger partial charge in [-0.1, -0.05) is 60.7 Å². The molecule has 5 heterocycles. The van der Waals surface area contributed by atoms with Crippen LogP contribution in [-0.2, 0) is 46.4 Å². The SMILES string of the molecule is CC(C)(C)OC(=O)N1[C@H]2[C@@H]3OC(C)(C)O[C@@H]3[C@@H](ON2C(=O)OCc2ccccc2)[C@H]2[C@H](NC(=O)Cc3ccccc3)C(=O)N21. The maximum atomic E-state index is 13.8. The van der Waals surface area contributed by atoms with Crippen molar-refractivity contribution in [3.63, 3.8) is 0 Å². The third kappa shape index (κ3) is 5.58. The predicted octanol–water partition coefficient (Wildman–Crippen LogP) is 2.89. The smallest absolute Gasteiger partial charge is 0.436 e. The third-order valence-corrected chi connectivity index (χ3v) is 7.68. The molecule has 5 aliphatic rings. The molecule has 2 aromatic rings. The number of hydrogen-bond donors (Lipinski definition) is 1. The Balaban J connectivity index is 1.35. The molecule has 13 nitrogen and oxygen atoms in total. The van der Waals surface area contributed by atoms with Crippen LogP contribution in [0.4, 0.5) is 9.59 Å². The normalized spacial score (nSPS) is 28.4. The lowest BCUT2D eigenvalue weighted by atomic mass is 9.87. The van der Waals surface area contributed by atoms with Gasteiger partial charge in [-0.15, -0.1) is 0 Å². The van der Waals surface area contributed by atoms with Crippen molar-refractivity contribution >= 4 is 24.0 Å². The van der Waals surface area contributed by atoms with E-state index in [2.05, 4.69) is 5.32 Å². The van der Waals surface area contributed by atoms with E-state index >= 15 is 0 Å². The summed E-state index contributed by atoms with van der Waals surface area (Å²) in [5, 5.41) is 5.94. The molecule has 2 bridgehead atoms. The van der Waals surface area contributed by atoms with E-state index in [0.29, 0.717) is 0 Å². The summed E-state index contributed by atoms with van der Waals surface area (Å²) in [6.07, 6.45) is -5.87. The number of rotatable bonds is 5. The van der Waals surface area contributed by atoms with E-state index in [1.165, 1.54) is 5.01 Å². The van der Waals surface area contributed by atoms with E-state index in [0.717, 1.165) is 21.2 Å². The molecule has 0 aromatic heterocycles. The van der Waals surface area contributed by atoms with E-state index in [4.69, 9.17) is 23.8 Å². The number of fused-ring (bicyclic) bond motifs is 1. The second-order valence-corrected chi connectivity index (χ2v) is 12.6. The van der Waals surface area contributed by atoms with Crippen molar-refractivity contribution in [1.29, 1.82) is 0 Å². The highest BCUT2D eigenvalue weighted by Crippen LogP contribution is 2.47. The highest BCUT2D eigenvalue weighted by Gasteiger charge is 2.72. The largest absolute Gasteiger partial charge is 0.443 e. The molecule has 1 N–H and O–H groups in total. The Bertz CT molecular complexity index is 1430. The monoisotopic (exact) mass is 608 g/mol. The average molecular weight is 609 g/mol. The fourth-order valence-electron chi connectivity index (χ4n) is 5.98. The number of benzene rings is 2. The maximum absolute atomic E-state index is 13.8. The zero-order valence-electron chi connectivity index (χ0n) is 25.2. The minimum Gasteiger partial charge on any atom is -0.443 e. The molecule has 0 unspecified atom stereocenters. The molecule has 13 heteroatoms. The first-order valence-corrected chi connectivity index (χ1v) is 14.5. The van der Waals surface area contributed by atoms with Crippen molar-refractivity contribution in [3.8, 4) is 0 Å². The fraction of sp³-hybridized carbons (Fsp3) is 0.484. The number of β-lactam (4-membered cyclic amide) rings is 1. The minimum atomic E-state index is -1.33. The summed E-state index contributed by atoms with van der Waals surface area (Å²) < 4.78 is 23.8. The van der Waals surface area contributed by atoms with Gasteiger partial charge < -0.3 is 24.3 Å². The Morgan fingerprint density at radius 1 is 0.886 bits per heavy atom. The summed E-state index contributed by atoms with van der Waals surface area (Å²) in [5.74, 6) is -2.07. The lowest BCUT2D eigenvalue weighted by Gasteiger charge is -2.50. The summed E-state index contributed by atoms with van der Waals surface area (Å²) in [7, 11) is 0. The molecule has 2 aromatic carbocycles. The number of amides is 4. The van der Waals surface area contributed by atoms with E-state index in [1.54, 1.807) is 46.8 Å². The lowest BCUT2D eigenvalue weighted by Crippen LogP contribution is -2.78. The van der Waals surface area contributed by atoms with Gasteiger partial charge in [0, 0.05) is 0 Å². The number of nitrogens with zero attached hydrogens (tertiary/aromatic N) is 3. The molecular weight excluding hydrogens is 572 g/mol. The number of ether oxygens (including phenoxy) is 4. The summed E-state index contributed by atoms with van der Waals surface area (Å²) in [5.41, 5.74) is 0.562. The number of hydrazine groups is 1. The number of carbonyl (C=O) groups is 4. The van der Waals surface area contributed by atoms with Crippen molar-refractivity contribution in [2.24, 2.45) is 0 Å². The van der Waals surface area contributed by atoms with Crippen LogP contribution in [0, 0.1) is 0 Å². The standard InChI is InChI=1S/C31H36N4O9/c1-30(2,3)43-28(38)34-26-25-24(41-31(4,5)42-25)23(44-35(26)29(39)40-17-19-14-10-7-11-15-19)22-21(27(37)33(22)34)32-20(36)16-18-12-8-6-9-13-18/h6-15,21-26H,16-17H2,1-5H3,(H,32,36)/t21-,22+,23-,24+,25+,26+/m0/s1. The van der Waals surface area contributed by atoms with E-state index < -0.39 is 72.0 Å². The Morgan fingerprint density at radius 3 is 2.14 bits per heavy atom. The molecular formula is C31H36N4O9. The zero-order chi connectivity index (χ0) is 31.4. The van der Waals surface area contributed by atoms with Crippen molar-refractivity contribution < 1.29 is 43.0 Å². The molecule has 234 valence electrons. The van der Waals surface area contributed by atoms with Gasteiger partial charge in [-0.3, -0.25) is 14.4 Å². The highest BCUT2D eigenvalue weighted by atomic mass is 16.8. The Hall–Kier alpha value is -4.20. The summed E-state index contributed by atoms with van der Waals surface area (Å²) in [6, 6.07) is 16.2. The van der Waals surface area contributed by atoms with Crippen molar-refractivity contribution in [3.05, 3.63) is 71.8 Å². The highest BCUT2D eigenvalue weighted by molar-refractivity contribution is 5.95. The lowest BCUT2D eigenvalue weighted by molar-refractivity contribution is -0.275. The number of nitrogens with one attached hydrogen (secondary N) is 1. The molecule has 0 spiro atoms. The Kier molecular flexibility index (Phi) is 7.50. The predicted molar refractivity (Wildman–Crippen MR) is 152 cm³/mol. The Morgan fingerprint density at radius 2 is 1.50 bits per heavy atom. The van der Waals surface area contributed by atoms with Crippen LogP contribution in [-0.4, -0.2) is 87.0 Å². The second kappa shape index (κ2) is 11.1. The molecule has 0 saturated carbocycles. The minimum absolute atomic E-state index is 0.0396. The summed E-state index contributed by atoms with van der Waals surface area (Å²) in [4.78, 5) is 60.6. The number of carbonyl (C=O) groups excluding carboxylic acids is 4. The molecule has 5 aliphatic heterocycles. The zero-order valence-corrected chi connectivity index (χ0v) is 25.2. The molecule has 0 aliphatic carbocycles. The number of hydrogen-bond acceptors (Lipinski definition) is 9. The first kappa shape index (κ1) is 29.9. The van der Waals surface area contributed by atoms with Gasteiger partial charge in [0.15, 0.2) is 12.0 Å². The van der Waals surface area contributed by atoms with Gasteiger partial charge in [-0.25, -0.2) is 14.6 Å². The van der Waals surface area contributed by atoms with Crippen LogP contribution < -0.4 is 5.32 Å².